The molecule has 180 valence electrons. The van der Waals surface area contributed by atoms with Crippen molar-refractivity contribution in [2.24, 2.45) is 0 Å². The highest BCUT2D eigenvalue weighted by atomic mass is 19.1. The molecule has 2 heterocycles. The first-order valence-electron chi connectivity index (χ1n) is 11.0. The van der Waals surface area contributed by atoms with Crippen molar-refractivity contribution >= 4 is 17.1 Å². The average Bonchev–Trinajstić information content (AvgIpc) is 3.32. The highest BCUT2D eigenvalue weighted by molar-refractivity contribution is 5.81. The van der Waals surface area contributed by atoms with Crippen LogP contribution in [0, 0.1) is 11.6 Å². The number of benzene rings is 3. The van der Waals surface area contributed by atoms with Gasteiger partial charge >= 0.3 is 6.16 Å². The van der Waals surface area contributed by atoms with Crippen molar-refractivity contribution in [3.05, 3.63) is 118 Å². The molecule has 0 amide bonds. The Bertz CT molecular complexity index is 1640. The van der Waals surface area contributed by atoms with Gasteiger partial charge in [0.1, 0.15) is 11.6 Å². The molecule has 0 fully saturated rings. The molecule has 2 aromatic heterocycles. The topological polar surface area (TPSA) is 86.3 Å². The molecule has 3 aromatic carbocycles. The summed E-state index contributed by atoms with van der Waals surface area (Å²) < 4.78 is 37.4. The zero-order chi connectivity index (χ0) is 25.2. The van der Waals surface area contributed by atoms with Crippen LogP contribution < -0.4 is 10.2 Å². The molecule has 0 aliphatic heterocycles. The third-order valence-corrected chi connectivity index (χ3v) is 5.76. The summed E-state index contributed by atoms with van der Waals surface area (Å²) in [6, 6.07) is 18.3. The number of carboxylic acid groups (broad SMARTS) is 1. The van der Waals surface area contributed by atoms with Crippen LogP contribution in [0.1, 0.15) is 11.1 Å². The van der Waals surface area contributed by atoms with E-state index in [1.165, 1.54) is 28.8 Å². The quantitative estimate of drug-likeness (QED) is 0.329. The number of rotatable bonds is 6. The lowest BCUT2D eigenvalue weighted by Crippen LogP contribution is -2.17. The summed E-state index contributed by atoms with van der Waals surface area (Å²) in [7, 11) is 0. The largest absolute Gasteiger partial charge is 0.511 e. The molecule has 0 radical (unpaired) electrons. The molecule has 0 unspecified atom stereocenters. The van der Waals surface area contributed by atoms with Crippen molar-refractivity contribution in [1.29, 1.82) is 0 Å². The second kappa shape index (κ2) is 9.46. The molecule has 0 atom stereocenters. The predicted octanol–water partition coefficient (Wildman–Crippen LogP) is 5.30. The van der Waals surface area contributed by atoms with Gasteiger partial charge in [0, 0.05) is 17.3 Å². The molecule has 0 saturated carbocycles. The maximum atomic E-state index is 15.1. The summed E-state index contributed by atoms with van der Waals surface area (Å²) in [5, 5.41) is 13.2. The number of aromatic nitrogens is 3. The standard InChI is InChI=1S/C27H19F2N3O4/c28-22-8-4-7-21-25(22)31(16-24(26(21)33)36-27(34)35)14-19-10-9-18(11-23(19)29)20-12-30-32(15-20)13-17-5-2-1-3-6-17/h1-12,15-16H,13-14H2,(H,34,35). The SMILES string of the molecule is O=C(O)Oc1cn(Cc2ccc(-c3cnn(Cc4ccccc4)c3)cc2F)c2c(F)cccc2c1=O. The Kier molecular flexibility index (Phi) is 6.03. The van der Waals surface area contributed by atoms with Crippen molar-refractivity contribution < 1.29 is 23.4 Å². The van der Waals surface area contributed by atoms with Crippen LogP contribution in [0.25, 0.3) is 22.0 Å². The van der Waals surface area contributed by atoms with E-state index in [4.69, 9.17) is 5.11 Å². The number of ether oxygens (including phenoxy) is 1. The maximum Gasteiger partial charge on any atom is 0.511 e. The molecule has 5 rings (SSSR count). The van der Waals surface area contributed by atoms with Gasteiger partial charge in [0.25, 0.3) is 0 Å². The molecular formula is C27H19F2N3O4. The predicted molar refractivity (Wildman–Crippen MR) is 129 cm³/mol. The second-order valence-corrected chi connectivity index (χ2v) is 8.17. The normalized spacial score (nSPS) is 11.1. The average molecular weight is 487 g/mol. The van der Waals surface area contributed by atoms with Gasteiger partial charge in [0.2, 0.25) is 5.43 Å². The van der Waals surface area contributed by atoms with Gasteiger partial charge < -0.3 is 14.4 Å². The van der Waals surface area contributed by atoms with Crippen molar-refractivity contribution in [3.63, 3.8) is 0 Å². The lowest BCUT2D eigenvalue weighted by atomic mass is 10.1. The van der Waals surface area contributed by atoms with Crippen molar-refractivity contribution in [1.82, 2.24) is 14.3 Å². The third-order valence-electron chi connectivity index (χ3n) is 5.76. The molecule has 9 heteroatoms. The van der Waals surface area contributed by atoms with Gasteiger partial charge in [0.05, 0.1) is 36.4 Å². The summed E-state index contributed by atoms with van der Waals surface area (Å²) in [5.74, 6) is -1.75. The number of hydrogen-bond donors (Lipinski definition) is 1. The fraction of sp³-hybridized carbons (Fsp3) is 0.0741. The van der Waals surface area contributed by atoms with Gasteiger partial charge in [0.15, 0.2) is 5.75 Å². The Balaban J connectivity index is 1.46. The van der Waals surface area contributed by atoms with Gasteiger partial charge in [-0.1, -0.05) is 48.5 Å². The Morgan fingerprint density at radius 3 is 2.47 bits per heavy atom. The van der Waals surface area contributed by atoms with Gasteiger partial charge in [-0.05, 0) is 29.3 Å². The van der Waals surface area contributed by atoms with Crippen LogP contribution in [0.4, 0.5) is 13.6 Å². The van der Waals surface area contributed by atoms with Crippen molar-refractivity contribution in [3.8, 4) is 16.9 Å². The van der Waals surface area contributed by atoms with Crippen LogP contribution in [0.5, 0.6) is 5.75 Å². The Labute approximate surface area is 203 Å². The fourth-order valence-electron chi connectivity index (χ4n) is 4.09. The van der Waals surface area contributed by atoms with Gasteiger partial charge in [-0.15, -0.1) is 0 Å². The van der Waals surface area contributed by atoms with E-state index in [1.54, 1.807) is 23.0 Å². The zero-order valence-electron chi connectivity index (χ0n) is 18.8. The van der Waals surface area contributed by atoms with E-state index in [9.17, 15) is 14.0 Å². The number of halogens is 2. The van der Waals surface area contributed by atoms with Gasteiger partial charge in [-0.25, -0.2) is 13.6 Å². The molecule has 1 N–H and O–H groups in total. The number of pyridine rings is 1. The summed E-state index contributed by atoms with van der Waals surface area (Å²) in [6.45, 7) is 0.417. The third kappa shape index (κ3) is 4.58. The number of nitrogens with zero attached hydrogens (tertiary/aromatic N) is 3. The molecule has 0 spiro atoms. The number of para-hydroxylation sites is 1. The zero-order valence-corrected chi connectivity index (χ0v) is 18.8. The van der Waals surface area contributed by atoms with E-state index in [1.807, 2.05) is 36.5 Å². The first-order chi connectivity index (χ1) is 17.4. The minimum Gasteiger partial charge on any atom is -0.449 e. The number of carbonyl (C=O) groups is 1. The minimum absolute atomic E-state index is 0.0726. The smallest absolute Gasteiger partial charge is 0.449 e. The second-order valence-electron chi connectivity index (χ2n) is 8.17. The number of fused-ring (bicyclic) bond motifs is 1. The molecule has 0 aliphatic rings. The van der Waals surface area contributed by atoms with E-state index >= 15 is 4.39 Å². The Morgan fingerprint density at radius 1 is 0.917 bits per heavy atom. The molecule has 0 saturated heterocycles. The van der Waals surface area contributed by atoms with Crippen LogP contribution in [0.2, 0.25) is 0 Å². The van der Waals surface area contributed by atoms with Crippen LogP contribution in [0.15, 0.2) is 90.1 Å². The van der Waals surface area contributed by atoms with E-state index in [-0.39, 0.29) is 23.0 Å². The van der Waals surface area contributed by atoms with E-state index in [2.05, 4.69) is 9.84 Å². The molecule has 5 aromatic rings. The fourth-order valence-corrected chi connectivity index (χ4v) is 4.09. The highest BCUT2D eigenvalue weighted by Crippen LogP contribution is 2.25. The molecule has 0 aliphatic carbocycles. The van der Waals surface area contributed by atoms with Crippen molar-refractivity contribution in [2.75, 3.05) is 0 Å². The van der Waals surface area contributed by atoms with Crippen molar-refractivity contribution in [2.45, 2.75) is 13.1 Å². The number of hydrogen-bond acceptors (Lipinski definition) is 4. The summed E-state index contributed by atoms with van der Waals surface area (Å²) in [5.41, 5.74) is 1.79. The molecule has 0 bridgehead atoms. The van der Waals surface area contributed by atoms with E-state index < -0.39 is 29.0 Å². The summed E-state index contributed by atoms with van der Waals surface area (Å²) >= 11 is 0. The monoisotopic (exact) mass is 487 g/mol. The van der Waals surface area contributed by atoms with Gasteiger partial charge in [-0.3, -0.25) is 9.48 Å². The van der Waals surface area contributed by atoms with Gasteiger partial charge in [-0.2, -0.15) is 5.10 Å². The highest BCUT2D eigenvalue weighted by Gasteiger charge is 2.17. The first kappa shape index (κ1) is 23.0. The van der Waals surface area contributed by atoms with Crippen LogP contribution in [0.3, 0.4) is 0 Å². The Hall–Kier alpha value is -4.79. The first-order valence-corrected chi connectivity index (χ1v) is 11.0. The summed E-state index contributed by atoms with van der Waals surface area (Å²) in [4.78, 5) is 23.6. The van der Waals surface area contributed by atoms with Crippen LogP contribution in [-0.2, 0) is 13.1 Å². The Morgan fingerprint density at radius 2 is 1.72 bits per heavy atom. The van der Waals surface area contributed by atoms with E-state index in [0.717, 1.165) is 17.3 Å². The lowest BCUT2D eigenvalue weighted by molar-refractivity contribution is 0.144. The van der Waals surface area contributed by atoms with Crippen LogP contribution >= 0.6 is 0 Å². The van der Waals surface area contributed by atoms with Crippen LogP contribution in [-0.4, -0.2) is 25.6 Å². The molecule has 36 heavy (non-hydrogen) atoms. The maximum absolute atomic E-state index is 15.1. The minimum atomic E-state index is -1.68. The molecule has 7 nitrogen and oxygen atoms in total. The lowest BCUT2D eigenvalue weighted by Gasteiger charge is -2.14. The van der Waals surface area contributed by atoms with E-state index in [0.29, 0.717) is 12.1 Å². The summed E-state index contributed by atoms with van der Waals surface area (Å²) in [6.07, 6.45) is 2.86. The molecular weight excluding hydrogens is 468 g/mol.